The first-order valence-electron chi connectivity index (χ1n) is 12.5. The SMILES string of the molecule is CC[C@@H](C(=O)NC(C)C)N(Cc1ccccc1)C(=O)CN(c1cccc([N+](=O)[O-])c1)S(=O)(=O)c1ccccc1. The zero-order chi connectivity index (χ0) is 28.6. The summed E-state index contributed by atoms with van der Waals surface area (Å²) >= 11 is 0. The van der Waals surface area contributed by atoms with E-state index in [1.165, 1.54) is 35.2 Å². The molecule has 0 aliphatic carbocycles. The summed E-state index contributed by atoms with van der Waals surface area (Å²) in [5, 5.41) is 14.3. The van der Waals surface area contributed by atoms with E-state index < -0.39 is 33.4 Å². The highest BCUT2D eigenvalue weighted by molar-refractivity contribution is 7.92. The van der Waals surface area contributed by atoms with Gasteiger partial charge < -0.3 is 10.2 Å². The maximum absolute atomic E-state index is 13.9. The lowest BCUT2D eigenvalue weighted by atomic mass is 10.1. The maximum atomic E-state index is 13.9. The molecule has 0 saturated heterocycles. The van der Waals surface area contributed by atoms with Crippen molar-refractivity contribution >= 4 is 33.2 Å². The molecule has 1 atom stereocenters. The monoisotopic (exact) mass is 552 g/mol. The highest BCUT2D eigenvalue weighted by Gasteiger charge is 2.34. The summed E-state index contributed by atoms with van der Waals surface area (Å²) in [6.45, 7) is 4.79. The summed E-state index contributed by atoms with van der Waals surface area (Å²) in [5.74, 6) is -0.986. The van der Waals surface area contributed by atoms with Gasteiger partial charge in [0.25, 0.3) is 15.7 Å². The van der Waals surface area contributed by atoms with Crippen molar-refractivity contribution in [2.24, 2.45) is 0 Å². The highest BCUT2D eigenvalue weighted by atomic mass is 32.2. The number of hydrogen-bond acceptors (Lipinski definition) is 6. The van der Waals surface area contributed by atoms with Gasteiger partial charge in [-0.05, 0) is 44.0 Å². The number of carbonyl (C=O) groups is 2. The summed E-state index contributed by atoms with van der Waals surface area (Å²) < 4.78 is 28.4. The fraction of sp³-hybridized carbons (Fsp3) is 0.286. The van der Waals surface area contributed by atoms with Crippen molar-refractivity contribution in [1.82, 2.24) is 10.2 Å². The summed E-state index contributed by atoms with van der Waals surface area (Å²) in [5.41, 5.74) is 0.396. The Morgan fingerprint density at radius 1 is 0.949 bits per heavy atom. The molecule has 0 radical (unpaired) electrons. The third-order valence-electron chi connectivity index (χ3n) is 5.95. The molecule has 39 heavy (non-hydrogen) atoms. The number of hydrogen-bond donors (Lipinski definition) is 1. The van der Waals surface area contributed by atoms with Gasteiger partial charge in [-0.2, -0.15) is 0 Å². The second kappa shape index (κ2) is 13.0. The summed E-state index contributed by atoms with van der Waals surface area (Å²) in [7, 11) is -4.31. The number of nitro groups is 1. The molecule has 1 N–H and O–H groups in total. The summed E-state index contributed by atoms with van der Waals surface area (Å²) in [6, 6.07) is 20.7. The minimum absolute atomic E-state index is 0.0410. The molecule has 10 nitrogen and oxygen atoms in total. The molecule has 11 heteroatoms. The van der Waals surface area contributed by atoms with Gasteiger partial charge in [0.15, 0.2) is 0 Å². The van der Waals surface area contributed by atoms with Crippen molar-refractivity contribution in [3.05, 3.63) is 101 Å². The Labute approximate surface area is 228 Å². The zero-order valence-electron chi connectivity index (χ0n) is 22.1. The first-order valence-corrected chi connectivity index (χ1v) is 13.9. The second-order valence-electron chi connectivity index (χ2n) is 9.20. The van der Waals surface area contributed by atoms with Gasteiger partial charge in [0.1, 0.15) is 12.6 Å². The van der Waals surface area contributed by atoms with Crippen LogP contribution in [0.5, 0.6) is 0 Å². The molecule has 0 aliphatic heterocycles. The van der Waals surface area contributed by atoms with Crippen LogP contribution in [0.1, 0.15) is 32.8 Å². The van der Waals surface area contributed by atoms with Crippen LogP contribution < -0.4 is 9.62 Å². The van der Waals surface area contributed by atoms with Gasteiger partial charge >= 0.3 is 0 Å². The van der Waals surface area contributed by atoms with E-state index in [0.29, 0.717) is 6.42 Å². The molecular formula is C28H32N4O6S. The molecule has 3 aromatic rings. The fourth-order valence-corrected chi connectivity index (χ4v) is 5.52. The minimum Gasteiger partial charge on any atom is -0.352 e. The molecule has 3 aromatic carbocycles. The minimum atomic E-state index is -4.31. The van der Waals surface area contributed by atoms with E-state index in [9.17, 15) is 28.1 Å². The Balaban J connectivity index is 2.08. The topological polar surface area (TPSA) is 130 Å². The molecule has 0 aromatic heterocycles. The molecule has 0 fully saturated rings. The quantitative estimate of drug-likeness (QED) is 0.266. The number of nitrogens with one attached hydrogen (secondary N) is 1. The van der Waals surface area contributed by atoms with Crippen LogP contribution in [-0.4, -0.2) is 48.7 Å². The molecule has 206 valence electrons. The van der Waals surface area contributed by atoms with Crippen LogP contribution in [0.2, 0.25) is 0 Å². The first kappa shape index (κ1) is 29.3. The standard InChI is InChI=1S/C28H32N4O6S/c1-4-26(28(34)29-21(2)3)30(19-22-12-7-5-8-13-22)27(33)20-31(23-14-11-15-24(18-23)32(35)36)39(37,38)25-16-9-6-10-17-25/h5-18,21,26H,4,19-20H2,1-3H3,(H,29,34)/t26-/m0/s1. The molecule has 0 bridgehead atoms. The largest absolute Gasteiger partial charge is 0.352 e. The third-order valence-corrected chi connectivity index (χ3v) is 7.74. The summed E-state index contributed by atoms with van der Waals surface area (Å²) in [6.07, 6.45) is 0.291. The van der Waals surface area contributed by atoms with E-state index in [-0.39, 0.29) is 34.8 Å². The van der Waals surface area contributed by atoms with Crippen molar-refractivity contribution < 1.29 is 22.9 Å². The van der Waals surface area contributed by atoms with Gasteiger partial charge in [0, 0.05) is 24.7 Å². The Morgan fingerprint density at radius 2 is 1.56 bits per heavy atom. The number of non-ortho nitro benzene ring substituents is 1. The van der Waals surface area contributed by atoms with Crippen LogP contribution in [0.15, 0.2) is 89.8 Å². The van der Waals surface area contributed by atoms with Crippen molar-refractivity contribution in [2.75, 3.05) is 10.8 Å². The second-order valence-corrected chi connectivity index (χ2v) is 11.1. The fourth-order valence-electron chi connectivity index (χ4n) is 4.09. The van der Waals surface area contributed by atoms with E-state index in [1.54, 1.807) is 25.1 Å². The maximum Gasteiger partial charge on any atom is 0.271 e. The average molecular weight is 553 g/mol. The van der Waals surface area contributed by atoms with Crippen LogP contribution in [0.25, 0.3) is 0 Å². The van der Waals surface area contributed by atoms with E-state index >= 15 is 0 Å². The van der Waals surface area contributed by atoms with E-state index in [0.717, 1.165) is 15.9 Å². The predicted octanol–water partition coefficient (Wildman–Crippen LogP) is 4.12. The lowest BCUT2D eigenvalue weighted by Gasteiger charge is -2.33. The molecule has 0 aliphatic rings. The number of benzene rings is 3. The Hall–Kier alpha value is -4.25. The summed E-state index contributed by atoms with van der Waals surface area (Å²) in [4.78, 5) is 39.1. The molecule has 0 heterocycles. The Kier molecular flexibility index (Phi) is 9.78. The van der Waals surface area contributed by atoms with Crippen molar-refractivity contribution in [2.45, 2.75) is 50.7 Å². The third kappa shape index (κ3) is 7.41. The average Bonchev–Trinajstić information content (AvgIpc) is 2.92. The lowest BCUT2D eigenvalue weighted by Crippen LogP contribution is -2.53. The van der Waals surface area contributed by atoms with Gasteiger partial charge in [0.2, 0.25) is 11.8 Å². The van der Waals surface area contributed by atoms with Crippen molar-refractivity contribution in [3.63, 3.8) is 0 Å². The van der Waals surface area contributed by atoms with E-state index in [4.69, 9.17) is 0 Å². The zero-order valence-corrected chi connectivity index (χ0v) is 22.9. The number of nitro benzene ring substituents is 1. The predicted molar refractivity (Wildman–Crippen MR) is 148 cm³/mol. The number of anilines is 1. The van der Waals surface area contributed by atoms with Gasteiger partial charge in [-0.1, -0.05) is 61.5 Å². The molecule has 3 rings (SSSR count). The van der Waals surface area contributed by atoms with Crippen molar-refractivity contribution in [1.29, 1.82) is 0 Å². The Morgan fingerprint density at radius 3 is 2.13 bits per heavy atom. The number of rotatable bonds is 12. The van der Waals surface area contributed by atoms with Gasteiger partial charge in [-0.3, -0.25) is 24.0 Å². The van der Waals surface area contributed by atoms with Crippen LogP contribution in [-0.2, 0) is 26.2 Å². The number of nitrogens with zero attached hydrogens (tertiary/aromatic N) is 3. The normalized spacial score (nSPS) is 12.0. The first-order chi connectivity index (χ1) is 18.5. The van der Waals surface area contributed by atoms with E-state index in [1.807, 2.05) is 44.2 Å². The van der Waals surface area contributed by atoms with Gasteiger partial charge in [-0.15, -0.1) is 0 Å². The molecule has 0 saturated carbocycles. The van der Waals surface area contributed by atoms with Gasteiger partial charge in [-0.25, -0.2) is 8.42 Å². The van der Waals surface area contributed by atoms with E-state index in [2.05, 4.69) is 5.32 Å². The number of amides is 2. The highest BCUT2D eigenvalue weighted by Crippen LogP contribution is 2.27. The number of sulfonamides is 1. The smallest absolute Gasteiger partial charge is 0.271 e. The lowest BCUT2D eigenvalue weighted by molar-refractivity contribution is -0.384. The van der Waals surface area contributed by atoms with Crippen LogP contribution in [0, 0.1) is 10.1 Å². The van der Waals surface area contributed by atoms with Gasteiger partial charge in [0.05, 0.1) is 15.5 Å². The van der Waals surface area contributed by atoms with Crippen LogP contribution in [0.4, 0.5) is 11.4 Å². The van der Waals surface area contributed by atoms with Crippen LogP contribution >= 0.6 is 0 Å². The molecule has 0 unspecified atom stereocenters. The van der Waals surface area contributed by atoms with Crippen LogP contribution in [0.3, 0.4) is 0 Å². The molecule has 0 spiro atoms. The van der Waals surface area contributed by atoms with Crippen molar-refractivity contribution in [3.8, 4) is 0 Å². The molecule has 2 amide bonds. The Bertz CT molecular complexity index is 1400. The molecular weight excluding hydrogens is 520 g/mol. The number of carbonyl (C=O) groups excluding carboxylic acids is 2.